The van der Waals surface area contributed by atoms with Crippen LogP contribution in [0.3, 0.4) is 0 Å². The molecule has 0 aliphatic heterocycles. The van der Waals surface area contributed by atoms with Gasteiger partial charge >= 0.3 is 5.97 Å². The molecule has 0 amide bonds. The summed E-state index contributed by atoms with van der Waals surface area (Å²) in [5, 5.41) is 18.4. The molecule has 4 nitrogen and oxygen atoms in total. The summed E-state index contributed by atoms with van der Waals surface area (Å²) in [7, 11) is 0. The molecular weight excluding hydrogens is 232 g/mol. The molecule has 0 aliphatic rings. The van der Waals surface area contributed by atoms with E-state index in [0.29, 0.717) is 5.56 Å². The number of aromatic hydroxyl groups is 2. The number of rotatable bonds is 5. The van der Waals surface area contributed by atoms with Crippen molar-refractivity contribution < 1.29 is 19.7 Å². The fraction of sp³-hybridized carbons (Fsp3) is 0.214. The van der Waals surface area contributed by atoms with Crippen molar-refractivity contribution in [2.45, 2.75) is 19.8 Å². The molecule has 0 fully saturated rings. The zero-order chi connectivity index (χ0) is 13.4. The van der Waals surface area contributed by atoms with Crippen LogP contribution in [0.15, 0.2) is 36.6 Å². The summed E-state index contributed by atoms with van der Waals surface area (Å²) < 4.78 is 4.80. The number of hydrogen-bond donors (Lipinski definition) is 2. The van der Waals surface area contributed by atoms with E-state index in [2.05, 4.69) is 0 Å². The number of phenols is 2. The molecule has 0 saturated heterocycles. The zero-order valence-corrected chi connectivity index (χ0v) is 10.2. The van der Waals surface area contributed by atoms with Gasteiger partial charge in [-0.2, -0.15) is 0 Å². The molecule has 18 heavy (non-hydrogen) atoms. The third kappa shape index (κ3) is 4.74. The molecule has 0 heterocycles. The molecular formula is C14H16O4. The van der Waals surface area contributed by atoms with Crippen LogP contribution in [0.5, 0.6) is 11.5 Å². The van der Waals surface area contributed by atoms with Gasteiger partial charge in [0.2, 0.25) is 0 Å². The molecule has 0 atom stereocenters. The van der Waals surface area contributed by atoms with Crippen LogP contribution in [0, 0.1) is 0 Å². The van der Waals surface area contributed by atoms with Crippen LogP contribution < -0.4 is 0 Å². The molecule has 0 bridgehead atoms. The van der Waals surface area contributed by atoms with Crippen molar-refractivity contribution in [1.29, 1.82) is 0 Å². The Kier molecular flexibility index (Phi) is 5.51. The first-order valence-corrected chi connectivity index (χ1v) is 5.69. The lowest BCUT2D eigenvalue weighted by atomic mass is 10.2. The van der Waals surface area contributed by atoms with Gasteiger partial charge in [-0.3, -0.25) is 0 Å². The maximum atomic E-state index is 11.3. The van der Waals surface area contributed by atoms with Crippen LogP contribution in [0.25, 0.3) is 6.08 Å². The average Bonchev–Trinajstić information content (AvgIpc) is 2.36. The summed E-state index contributed by atoms with van der Waals surface area (Å²) in [4.78, 5) is 11.3. The van der Waals surface area contributed by atoms with Crippen molar-refractivity contribution in [3.05, 3.63) is 42.2 Å². The van der Waals surface area contributed by atoms with Crippen LogP contribution in [-0.4, -0.2) is 16.2 Å². The number of benzene rings is 1. The Labute approximate surface area is 106 Å². The minimum Gasteiger partial charge on any atom is -0.504 e. The summed E-state index contributed by atoms with van der Waals surface area (Å²) in [5.74, 6) is -0.916. The third-order valence-electron chi connectivity index (χ3n) is 2.15. The minimum absolute atomic E-state index is 0.197. The number of carbonyl (C=O) groups excluding carboxylic acids is 1. The first kappa shape index (κ1) is 13.8. The fourth-order valence-corrected chi connectivity index (χ4v) is 1.20. The molecule has 96 valence electrons. The molecule has 1 aromatic rings. The Morgan fingerprint density at radius 3 is 2.78 bits per heavy atom. The lowest BCUT2D eigenvalue weighted by Gasteiger charge is -1.98. The third-order valence-corrected chi connectivity index (χ3v) is 2.15. The molecule has 4 heteroatoms. The van der Waals surface area contributed by atoms with Crippen molar-refractivity contribution in [2.75, 3.05) is 0 Å². The summed E-state index contributed by atoms with van der Waals surface area (Å²) in [6, 6.07) is 4.28. The Morgan fingerprint density at radius 1 is 1.33 bits per heavy atom. The normalized spacial score (nSPS) is 11.2. The topological polar surface area (TPSA) is 66.8 Å². The van der Waals surface area contributed by atoms with Crippen molar-refractivity contribution in [1.82, 2.24) is 0 Å². The van der Waals surface area contributed by atoms with Gasteiger partial charge in [-0.25, -0.2) is 4.79 Å². The van der Waals surface area contributed by atoms with Gasteiger partial charge in [0.05, 0.1) is 6.26 Å². The highest BCUT2D eigenvalue weighted by molar-refractivity contribution is 5.87. The highest BCUT2D eigenvalue weighted by Crippen LogP contribution is 2.25. The Balaban J connectivity index is 2.52. The quantitative estimate of drug-likeness (QED) is 0.364. The van der Waals surface area contributed by atoms with Crippen LogP contribution in [0.2, 0.25) is 0 Å². The number of carbonyl (C=O) groups is 1. The maximum Gasteiger partial charge on any atom is 0.335 e. The molecule has 0 aromatic heterocycles. The van der Waals surface area contributed by atoms with E-state index in [0.717, 1.165) is 12.8 Å². The van der Waals surface area contributed by atoms with Gasteiger partial charge in [0.25, 0.3) is 0 Å². The fourth-order valence-electron chi connectivity index (χ4n) is 1.20. The number of allylic oxidation sites excluding steroid dienone is 1. The second kappa shape index (κ2) is 7.17. The second-order valence-corrected chi connectivity index (χ2v) is 3.68. The molecule has 0 spiro atoms. The lowest BCUT2D eigenvalue weighted by Crippen LogP contribution is -1.93. The van der Waals surface area contributed by atoms with Crippen molar-refractivity contribution in [2.24, 2.45) is 0 Å². The first-order chi connectivity index (χ1) is 8.63. The number of esters is 1. The van der Waals surface area contributed by atoms with E-state index in [9.17, 15) is 9.90 Å². The molecule has 0 unspecified atom stereocenters. The number of unbranched alkanes of at least 4 members (excludes halogenated alkanes) is 1. The largest absolute Gasteiger partial charge is 0.504 e. The van der Waals surface area contributed by atoms with Crippen LogP contribution in [0.1, 0.15) is 25.3 Å². The number of ether oxygens (including phenoxy) is 1. The van der Waals surface area contributed by atoms with E-state index in [1.807, 2.05) is 6.92 Å². The van der Waals surface area contributed by atoms with Crippen molar-refractivity contribution in [3.63, 3.8) is 0 Å². The van der Waals surface area contributed by atoms with Gasteiger partial charge in [0.15, 0.2) is 11.5 Å². The Hall–Kier alpha value is -2.23. The standard InChI is InChI=1S/C14H16O4/c1-2-3-4-9-18-14(17)8-6-11-5-7-12(15)13(16)10-11/h4-10,15-16H,2-3H2,1H3/b8-6+,9-4?. The van der Waals surface area contributed by atoms with E-state index >= 15 is 0 Å². The van der Waals surface area contributed by atoms with Crippen LogP contribution in [0.4, 0.5) is 0 Å². The van der Waals surface area contributed by atoms with Gasteiger partial charge in [-0.15, -0.1) is 0 Å². The molecule has 0 radical (unpaired) electrons. The molecule has 1 aromatic carbocycles. The van der Waals surface area contributed by atoms with E-state index in [1.54, 1.807) is 12.1 Å². The van der Waals surface area contributed by atoms with E-state index in [4.69, 9.17) is 9.84 Å². The lowest BCUT2D eigenvalue weighted by molar-refractivity contribution is -0.132. The van der Waals surface area contributed by atoms with Crippen LogP contribution >= 0.6 is 0 Å². The van der Waals surface area contributed by atoms with Crippen LogP contribution in [-0.2, 0) is 9.53 Å². The number of phenolic OH excluding ortho intramolecular Hbond substituents is 2. The van der Waals surface area contributed by atoms with Gasteiger partial charge in [0, 0.05) is 6.08 Å². The van der Waals surface area contributed by atoms with E-state index in [1.165, 1.54) is 30.5 Å². The Bertz CT molecular complexity index is 461. The number of hydrogen-bond acceptors (Lipinski definition) is 4. The predicted molar refractivity (Wildman–Crippen MR) is 68.9 cm³/mol. The summed E-state index contributed by atoms with van der Waals surface area (Å²) in [6.07, 6.45) is 7.75. The SMILES string of the molecule is CCCC=COC(=O)/C=C/c1ccc(O)c(O)c1. The van der Waals surface area contributed by atoms with Crippen molar-refractivity contribution >= 4 is 12.0 Å². The Morgan fingerprint density at radius 2 is 2.11 bits per heavy atom. The smallest absolute Gasteiger partial charge is 0.335 e. The second-order valence-electron chi connectivity index (χ2n) is 3.68. The minimum atomic E-state index is -0.491. The highest BCUT2D eigenvalue weighted by Gasteiger charge is 1.99. The average molecular weight is 248 g/mol. The molecule has 1 rings (SSSR count). The highest BCUT2D eigenvalue weighted by atomic mass is 16.5. The van der Waals surface area contributed by atoms with Gasteiger partial charge < -0.3 is 14.9 Å². The molecule has 0 aliphatic carbocycles. The monoisotopic (exact) mass is 248 g/mol. The first-order valence-electron chi connectivity index (χ1n) is 5.69. The van der Waals surface area contributed by atoms with Gasteiger partial charge in [0.1, 0.15) is 0 Å². The summed E-state index contributed by atoms with van der Waals surface area (Å²) in [6.45, 7) is 2.03. The van der Waals surface area contributed by atoms with E-state index < -0.39 is 5.97 Å². The van der Waals surface area contributed by atoms with Gasteiger partial charge in [-0.05, 0) is 36.3 Å². The zero-order valence-electron chi connectivity index (χ0n) is 10.2. The molecule has 0 saturated carbocycles. The van der Waals surface area contributed by atoms with Gasteiger partial charge in [-0.1, -0.05) is 19.4 Å². The maximum absolute atomic E-state index is 11.3. The summed E-state index contributed by atoms with van der Waals surface area (Å²) >= 11 is 0. The molecule has 2 N–H and O–H groups in total. The van der Waals surface area contributed by atoms with E-state index in [-0.39, 0.29) is 11.5 Å². The summed E-state index contributed by atoms with van der Waals surface area (Å²) in [5.41, 5.74) is 0.597. The van der Waals surface area contributed by atoms with Crippen molar-refractivity contribution in [3.8, 4) is 11.5 Å². The predicted octanol–water partition coefficient (Wildman–Crippen LogP) is 2.97.